The number of aromatic nitrogens is 1. The van der Waals surface area contributed by atoms with E-state index in [2.05, 4.69) is 9.72 Å². The number of benzene rings is 1. The number of H-pyrrole nitrogens is 1. The molecule has 1 aromatic carbocycles. The number of nitriles is 1. The van der Waals surface area contributed by atoms with E-state index in [4.69, 9.17) is 5.26 Å². The zero-order chi connectivity index (χ0) is 14.7. The third-order valence-electron chi connectivity index (χ3n) is 2.65. The van der Waals surface area contributed by atoms with Crippen LogP contribution >= 0.6 is 0 Å². The second-order valence-corrected chi connectivity index (χ2v) is 4.09. The highest BCUT2D eigenvalue weighted by Crippen LogP contribution is 2.26. The molecule has 1 aromatic heterocycles. The van der Waals surface area contributed by atoms with Crippen molar-refractivity contribution >= 4 is 0 Å². The summed E-state index contributed by atoms with van der Waals surface area (Å²) in [5.41, 5.74) is 0.846. The number of halogens is 2. The number of ether oxygens (including phenoxy) is 1. The molecule has 1 N–H and O–H groups in total. The molecule has 2 aromatic rings. The number of rotatable bonds is 3. The first-order valence-electron chi connectivity index (χ1n) is 5.70. The minimum Gasteiger partial charge on any atom is -0.435 e. The van der Waals surface area contributed by atoms with Crippen molar-refractivity contribution in [2.45, 2.75) is 13.5 Å². The number of aryl methyl sites for hydroxylation is 1. The highest BCUT2D eigenvalue weighted by atomic mass is 19.3. The molecule has 0 radical (unpaired) electrons. The van der Waals surface area contributed by atoms with Gasteiger partial charge < -0.3 is 9.72 Å². The first kappa shape index (κ1) is 13.7. The van der Waals surface area contributed by atoms with Gasteiger partial charge in [-0.3, -0.25) is 4.79 Å². The monoisotopic (exact) mass is 276 g/mol. The lowest BCUT2D eigenvalue weighted by atomic mass is 10.0. The van der Waals surface area contributed by atoms with Gasteiger partial charge in [0.15, 0.2) is 0 Å². The van der Waals surface area contributed by atoms with E-state index in [1.54, 1.807) is 19.1 Å². The van der Waals surface area contributed by atoms with Crippen LogP contribution in [0.3, 0.4) is 0 Å². The smallest absolute Gasteiger partial charge is 0.387 e. The fraction of sp³-hybridized carbons (Fsp3) is 0.143. The predicted octanol–water partition coefficient (Wildman–Crippen LogP) is 2.82. The lowest BCUT2D eigenvalue weighted by molar-refractivity contribution is -0.0498. The molecule has 6 heteroatoms. The zero-order valence-electron chi connectivity index (χ0n) is 10.5. The number of aromatic amines is 1. The number of nitrogens with one attached hydrogen (secondary N) is 1. The molecule has 0 saturated carbocycles. The summed E-state index contributed by atoms with van der Waals surface area (Å²) < 4.78 is 28.7. The third kappa shape index (κ3) is 2.83. The molecule has 0 amide bonds. The molecule has 0 spiro atoms. The average molecular weight is 276 g/mol. The molecule has 0 unspecified atom stereocenters. The van der Waals surface area contributed by atoms with Crippen molar-refractivity contribution in [2.75, 3.05) is 0 Å². The maximum atomic E-state index is 12.2. The molecule has 0 aliphatic rings. The molecular formula is C14H10F2N2O2. The van der Waals surface area contributed by atoms with Gasteiger partial charge in [-0.25, -0.2) is 0 Å². The van der Waals surface area contributed by atoms with Crippen LogP contribution in [-0.4, -0.2) is 11.6 Å². The van der Waals surface area contributed by atoms with Gasteiger partial charge in [0.05, 0.1) is 0 Å². The third-order valence-corrected chi connectivity index (χ3v) is 2.65. The van der Waals surface area contributed by atoms with E-state index in [0.29, 0.717) is 16.8 Å². The van der Waals surface area contributed by atoms with Crippen molar-refractivity contribution in [1.82, 2.24) is 4.98 Å². The van der Waals surface area contributed by atoms with Crippen molar-refractivity contribution in [3.63, 3.8) is 0 Å². The van der Waals surface area contributed by atoms with Crippen LogP contribution in [0, 0.1) is 18.3 Å². The van der Waals surface area contributed by atoms with Gasteiger partial charge in [0.1, 0.15) is 17.4 Å². The Hall–Kier alpha value is -2.68. The summed E-state index contributed by atoms with van der Waals surface area (Å²) in [7, 11) is 0. The lowest BCUT2D eigenvalue weighted by Crippen LogP contribution is -2.12. The average Bonchev–Trinajstić information content (AvgIpc) is 2.37. The molecule has 0 aliphatic carbocycles. The van der Waals surface area contributed by atoms with Crippen molar-refractivity contribution in [2.24, 2.45) is 0 Å². The molecule has 102 valence electrons. The summed E-state index contributed by atoms with van der Waals surface area (Å²) >= 11 is 0. The van der Waals surface area contributed by atoms with Crippen LogP contribution in [0.15, 0.2) is 35.1 Å². The number of hydrogen-bond acceptors (Lipinski definition) is 3. The number of hydrogen-bond donors (Lipinski definition) is 1. The Labute approximate surface area is 113 Å². The van der Waals surface area contributed by atoms with Crippen LogP contribution in [0.2, 0.25) is 0 Å². The van der Waals surface area contributed by atoms with E-state index >= 15 is 0 Å². The van der Waals surface area contributed by atoms with Crippen molar-refractivity contribution in [3.05, 3.63) is 51.9 Å². The molecule has 0 atom stereocenters. The molecule has 0 fully saturated rings. The van der Waals surface area contributed by atoms with Gasteiger partial charge in [0.25, 0.3) is 5.56 Å². The minimum atomic E-state index is -2.93. The van der Waals surface area contributed by atoms with Gasteiger partial charge in [-0.2, -0.15) is 14.0 Å². The maximum absolute atomic E-state index is 12.2. The zero-order valence-corrected chi connectivity index (χ0v) is 10.5. The van der Waals surface area contributed by atoms with Gasteiger partial charge in [0.2, 0.25) is 0 Å². The second-order valence-electron chi connectivity index (χ2n) is 4.09. The molecule has 0 bridgehead atoms. The SMILES string of the molecule is Cc1cc(-c2cccc(OC(F)F)c2)c(C#N)c(=O)[nH]1. The van der Waals surface area contributed by atoms with Crippen molar-refractivity contribution < 1.29 is 13.5 Å². The number of pyridine rings is 1. The van der Waals surface area contributed by atoms with E-state index in [0.717, 1.165) is 0 Å². The van der Waals surface area contributed by atoms with E-state index < -0.39 is 12.2 Å². The lowest BCUT2D eigenvalue weighted by Gasteiger charge is -2.08. The van der Waals surface area contributed by atoms with E-state index in [1.165, 1.54) is 18.2 Å². The normalized spacial score (nSPS) is 10.3. The van der Waals surface area contributed by atoms with Crippen LogP contribution in [0.25, 0.3) is 11.1 Å². The molecule has 0 aliphatic heterocycles. The summed E-state index contributed by atoms with van der Waals surface area (Å²) in [5, 5.41) is 9.04. The Morgan fingerprint density at radius 2 is 2.10 bits per heavy atom. The summed E-state index contributed by atoms with van der Waals surface area (Å²) in [5.74, 6) is -0.0284. The Bertz CT molecular complexity index is 733. The highest BCUT2D eigenvalue weighted by Gasteiger charge is 2.12. The van der Waals surface area contributed by atoms with Gasteiger partial charge in [0, 0.05) is 11.3 Å². The van der Waals surface area contributed by atoms with Crippen LogP contribution in [0.1, 0.15) is 11.3 Å². The van der Waals surface area contributed by atoms with Gasteiger partial charge in [-0.15, -0.1) is 0 Å². The standard InChI is InChI=1S/C14H10F2N2O2/c1-8-5-11(12(7-17)13(19)18-8)9-3-2-4-10(6-9)20-14(15)16/h2-6,14H,1H3,(H,18,19). The van der Waals surface area contributed by atoms with E-state index in [1.807, 2.05) is 6.07 Å². The highest BCUT2D eigenvalue weighted by molar-refractivity contribution is 5.71. The first-order chi connectivity index (χ1) is 9.51. The van der Waals surface area contributed by atoms with Crippen molar-refractivity contribution in [3.8, 4) is 22.9 Å². The topological polar surface area (TPSA) is 65.9 Å². The van der Waals surface area contributed by atoms with Crippen LogP contribution < -0.4 is 10.3 Å². The molecular weight excluding hydrogens is 266 g/mol. The minimum absolute atomic E-state index is 0.0284. The molecule has 1 heterocycles. The van der Waals surface area contributed by atoms with Crippen LogP contribution in [0.5, 0.6) is 5.75 Å². The van der Waals surface area contributed by atoms with E-state index in [-0.39, 0.29) is 11.3 Å². The summed E-state index contributed by atoms with van der Waals surface area (Å²) in [6, 6.07) is 9.31. The Kier molecular flexibility index (Phi) is 3.80. The Balaban J connectivity index is 2.57. The Morgan fingerprint density at radius 1 is 1.35 bits per heavy atom. The van der Waals surface area contributed by atoms with Crippen molar-refractivity contribution in [1.29, 1.82) is 5.26 Å². The largest absolute Gasteiger partial charge is 0.435 e. The quantitative estimate of drug-likeness (QED) is 0.937. The number of alkyl halides is 2. The first-order valence-corrected chi connectivity index (χ1v) is 5.70. The van der Waals surface area contributed by atoms with E-state index in [9.17, 15) is 13.6 Å². The molecule has 2 rings (SSSR count). The predicted molar refractivity (Wildman–Crippen MR) is 68.6 cm³/mol. The Morgan fingerprint density at radius 3 is 2.75 bits per heavy atom. The summed E-state index contributed by atoms with van der Waals surface area (Å²) in [6.45, 7) is -1.26. The number of nitrogens with zero attached hydrogens (tertiary/aromatic N) is 1. The molecule has 20 heavy (non-hydrogen) atoms. The fourth-order valence-electron chi connectivity index (χ4n) is 1.87. The second kappa shape index (κ2) is 5.53. The molecule has 0 saturated heterocycles. The maximum Gasteiger partial charge on any atom is 0.387 e. The van der Waals surface area contributed by atoms with Gasteiger partial charge >= 0.3 is 6.61 Å². The summed E-state index contributed by atoms with van der Waals surface area (Å²) in [4.78, 5) is 14.2. The molecule has 4 nitrogen and oxygen atoms in total. The van der Waals surface area contributed by atoms with Crippen LogP contribution in [-0.2, 0) is 0 Å². The fourth-order valence-corrected chi connectivity index (χ4v) is 1.87. The van der Waals surface area contributed by atoms with Gasteiger partial charge in [-0.05, 0) is 30.7 Å². The van der Waals surface area contributed by atoms with Crippen LogP contribution in [0.4, 0.5) is 8.78 Å². The van der Waals surface area contributed by atoms with Gasteiger partial charge in [-0.1, -0.05) is 12.1 Å². The summed E-state index contributed by atoms with van der Waals surface area (Å²) in [6.07, 6.45) is 0.